The van der Waals surface area contributed by atoms with Gasteiger partial charge in [0.05, 0.1) is 27.4 Å². The van der Waals surface area contributed by atoms with Crippen LogP contribution in [0.4, 0.5) is 0 Å². The summed E-state index contributed by atoms with van der Waals surface area (Å²) in [5, 5.41) is 19.0. The van der Waals surface area contributed by atoms with Crippen LogP contribution in [-0.2, 0) is 4.79 Å². The van der Waals surface area contributed by atoms with E-state index in [0.717, 1.165) is 11.1 Å². The molecule has 7 heteroatoms. The second-order valence-corrected chi connectivity index (χ2v) is 6.34. The number of amides is 1. The molecule has 150 valence electrons. The average Bonchev–Trinajstić information content (AvgIpc) is 2.72. The molecule has 2 N–H and O–H groups in total. The molecule has 28 heavy (non-hydrogen) atoms. The number of carbonyl (C=O) groups is 1. The minimum atomic E-state index is -0.317. The maximum absolute atomic E-state index is 12.8. The van der Waals surface area contributed by atoms with Crippen molar-refractivity contribution in [3.8, 4) is 11.5 Å². The van der Waals surface area contributed by atoms with Gasteiger partial charge in [-0.1, -0.05) is 29.8 Å². The summed E-state index contributed by atoms with van der Waals surface area (Å²) in [5.41, 5.74) is 2.20. The summed E-state index contributed by atoms with van der Waals surface area (Å²) in [6.07, 6.45) is 1.48. The second kappa shape index (κ2) is 10.7. The Morgan fingerprint density at radius 1 is 0.964 bits per heavy atom. The van der Waals surface area contributed by atoms with Crippen molar-refractivity contribution in [3.05, 3.63) is 64.7 Å². The number of hydrogen-bond acceptors (Lipinski definition) is 5. The van der Waals surface area contributed by atoms with Crippen molar-refractivity contribution in [2.24, 2.45) is 0 Å². The quantitative estimate of drug-likeness (QED) is 0.627. The summed E-state index contributed by atoms with van der Waals surface area (Å²) in [5.74, 6) is 0.799. The Morgan fingerprint density at radius 3 is 2.07 bits per heavy atom. The minimum Gasteiger partial charge on any atom is -0.493 e. The number of aliphatic hydroxyl groups is 2. The summed E-state index contributed by atoms with van der Waals surface area (Å²) >= 11 is 6.00. The predicted molar refractivity (Wildman–Crippen MR) is 109 cm³/mol. The van der Waals surface area contributed by atoms with E-state index in [2.05, 4.69) is 0 Å². The molecule has 0 aromatic heterocycles. The van der Waals surface area contributed by atoms with Gasteiger partial charge < -0.3 is 24.6 Å². The summed E-state index contributed by atoms with van der Waals surface area (Å²) in [6.45, 7) is -0.107. The predicted octanol–water partition coefficient (Wildman–Crippen LogP) is 2.60. The van der Waals surface area contributed by atoms with E-state index in [0.29, 0.717) is 22.1 Å². The number of halogens is 1. The number of ether oxygens (including phenoxy) is 2. The Morgan fingerprint density at radius 2 is 1.54 bits per heavy atom. The molecule has 0 saturated carbocycles. The van der Waals surface area contributed by atoms with Gasteiger partial charge in [-0.15, -0.1) is 0 Å². The third-order valence-electron chi connectivity index (χ3n) is 4.17. The maximum atomic E-state index is 12.8. The van der Waals surface area contributed by atoms with E-state index >= 15 is 0 Å². The van der Waals surface area contributed by atoms with Gasteiger partial charge in [-0.3, -0.25) is 4.79 Å². The molecule has 1 amide bonds. The van der Waals surface area contributed by atoms with Gasteiger partial charge in [0.1, 0.15) is 0 Å². The van der Waals surface area contributed by atoms with Crippen molar-refractivity contribution in [1.82, 2.24) is 4.90 Å². The van der Waals surface area contributed by atoms with Crippen LogP contribution in [0.5, 0.6) is 11.5 Å². The van der Waals surface area contributed by atoms with Gasteiger partial charge >= 0.3 is 0 Å². The molecule has 2 aromatic carbocycles. The van der Waals surface area contributed by atoms with Crippen LogP contribution in [0.15, 0.2) is 48.5 Å². The molecule has 0 fully saturated rings. The average molecular weight is 406 g/mol. The van der Waals surface area contributed by atoms with Crippen LogP contribution >= 0.6 is 11.6 Å². The molecule has 0 atom stereocenters. The minimum absolute atomic E-state index is 0.135. The largest absolute Gasteiger partial charge is 0.493 e. The van der Waals surface area contributed by atoms with Crippen LogP contribution in [0.2, 0.25) is 5.02 Å². The van der Waals surface area contributed by atoms with Crippen LogP contribution in [0.1, 0.15) is 11.1 Å². The van der Waals surface area contributed by atoms with Crippen molar-refractivity contribution in [1.29, 1.82) is 0 Å². The number of rotatable bonds is 9. The smallest absolute Gasteiger partial charge is 0.247 e. The highest BCUT2D eigenvalue weighted by Gasteiger charge is 2.15. The Kier molecular flexibility index (Phi) is 8.32. The van der Waals surface area contributed by atoms with Crippen molar-refractivity contribution in [2.45, 2.75) is 0 Å². The van der Waals surface area contributed by atoms with Crippen LogP contribution in [0.25, 0.3) is 5.57 Å². The van der Waals surface area contributed by atoms with Crippen molar-refractivity contribution in [2.75, 3.05) is 40.5 Å². The number of aliphatic hydroxyl groups excluding tert-OH is 2. The van der Waals surface area contributed by atoms with Gasteiger partial charge in [0.15, 0.2) is 11.5 Å². The number of benzene rings is 2. The van der Waals surface area contributed by atoms with Crippen LogP contribution in [0.3, 0.4) is 0 Å². The lowest BCUT2D eigenvalue weighted by atomic mass is 9.96. The summed E-state index contributed by atoms with van der Waals surface area (Å²) < 4.78 is 10.7. The Hall–Kier alpha value is -2.54. The maximum Gasteiger partial charge on any atom is 0.247 e. The van der Waals surface area contributed by atoms with Gasteiger partial charge in [-0.05, 0) is 41.0 Å². The number of hydrogen-bond donors (Lipinski definition) is 2. The first-order valence-electron chi connectivity index (χ1n) is 8.74. The zero-order chi connectivity index (χ0) is 20.5. The monoisotopic (exact) mass is 405 g/mol. The molecule has 6 nitrogen and oxygen atoms in total. The van der Waals surface area contributed by atoms with Crippen molar-refractivity contribution < 1.29 is 24.5 Å². The summed E-state index contributed by atoms with van der Waals surface area (Å²) in [4.78, 5) is 14.2. The molecule has 0 aliphatic heterocycles. The number of nitrogens with zero attached hydrogens (tertiary/aromatic N) is 1. The fourth-order valence-electron chi connectivity index (χ4n) is 2.75. The lowest BCUT2D eigenvalue weighted by Crippen LogP contribution is -2.34. The van der Waals surface area contributed by atoms with E-state index in [1.807, 2.05) is 18.2 Å². The first-order chi connectivity index (χ1) is 13.5. The van der Waals surface area contributed by atoms with Crippen LogP contribution in [-0.4, -0.2) is 61.5 Å². The lowest BCUT2D eigenvalue weighted by Gasteiger charge is -2.20. The molecular formula is C21H24ClNO5. The Bertz CT molecular complexity index is 814. The van der Waals surface area contributed by atoms with Crippen molar-refractivity contribution in [3.63, 3.8) is 0 Å². The second-order valence-electron chi connectivity index (χ2n) is 5.91. The highest BCUT2D eigenvalue weighted by Crippen LogP contribution is 2.33. The molecule has 2 aromatic rings. The molecular weight excluding hydrogens is 382 g/mol. The van der Waals surface area contributed by atoms with Gasteiger partial charge in [0, 0.05) is 24.2 Å². The molecule has 0 saturated heterocycles. The van der Waals surface area contributed by atoms with E-state index in [-0.39, 0.29) is 32.2 Å². The first-order valence-corrected chi connectivity index (χ1v) is 9.12. The fraction of sp³-hybridized carbons (Fsp3) is 0.286. The third kappa shape index (κ3) is 5.48. The molecule has 0 spiro atoms. The van der Waals surface area contributed by atoms with Gasteiger partial charge in [0.2, 0.25) is 5.91 Å². The molecule has 0 radical (unpaired) electrons. The highest BCUT2D eigenvalue weighted by molar-refractivity contribution is 6.30. The topological polar surface area (TPSA) is 79.2 Å². The SMILES string of the molecule is COc1ccc(/C(=C\C(=O)N(CCO)CCO)c2ccc(Cl)cc2)cc1OC. The van der Waals surface area contributed by atoms with Gasteiger partial charge in [0.25, 0.3) is 0 Å². The highest BCUT2D eigenvalue weighted by atomic mass is 35.5. The molecule has 2 rings (SSSR count). The molecule has 0 aliphatic carbocycles. The van der Waals surface area contributed by atoms with E-state index in [9.17, 15) is 15.0 Å². The number of methoxy groups -OCH3 is 2. The Balaban J connectivity index is 2.54. The third-order valence-corrected chi connectivity index (χ3v) is 4.42. The fourth-order valence-corrected chi connectivity index (χ4v) is 2.88. The van der Waals surface area contributed by atoms with Crippen molar-refractivity contribution >= 4 is 23.1 Å². The summed E-state index contributed by atoms with van der Waals surface area (Å²) in [6, 6.07) is 12.5. The normalized spacial score (nSPS) is 11.2. The zero-order valence-corrected chi connectivity index (χ0v) is 16.6. The van der Waals surface area contributed by atoms with E-state index < -0.39 is 0 Å². The number of carbonyl (C=O) groups excluding carboxylic acids is 1. The van der Waals surface area contributed by atoms with Gasteiger partial charge in [-0.25, -0.2) is 0 Å². The zero-order valence-electron chi connectivity index (χ0n) is 15.9. The van der Waals surface area contributed by atoms with E-state index in [1.54, 1.807) is 38.5 Å². The van der Waals surface area contributed by atoms with Gasteiger partial charge in [-0.2, -0.15) is 0 Å². The lowest BCUT2D eigenvalue weighted by molar-refractivity contribution is -0.127. The van der Waals surface area contributed by atoms with Crippen LogP contribution in [0, 0.1) is 0 Å². The molecule has 0 heterocycles. The Labute approximate surface area is 169 Å². The standard InChI is InChI=1S/C21H24ClNO5/c1-27-19-8-5-16(13-20(19)28-2)18(15-3-6-17(22)7-4-15)14-21(26)23(9-11-24)10-12-25/h3-8,13-14,24-25H,9-12H2,1-2H3/b18-14-. The summed E-state index contributed by atoms with van der Waals surface area (Å²) in [7, 11) is 3.10. The molecule has 0 unspecified atom stereocenters. The first kappa shape index (κ1) is 21.8. The van der Waals surface area contributed by atoms with E-state index in [1.165, 1.54) is 11.0 Å². The molecule has 0 bridgehead atoms. The van der Waals surface area contributed by atoms with Crippen LogP contribution < -0.4 is 9.47 Å². The van der Waals surface area contributed by atoms with E-state index in [4.69, 9.17) is 21.1 Å². The molecule has 0 aliphatic rings.